The number of carbonyl (C=O) groups is 1. The molecule has 6 nitrogen and oxygen atoms in total. The highest BCUT2D eigenvalue weighted by Crippen LogP contribution is 2.47. The standard InChI is InChI=1S/C26H27FN4O2/c1-15-12-28-25(29-13-15)22-9-4-16(2)30-24(22)26(32)31-20-10-18(11-20)17(3)23(31)14-33-21-7-5-19(27)6-8-21/h4-9,12-13,17-18,20,23H,10-11,14H2,1-3H3/t17-,18?,20?,23-/m1/s1. The van der Waals surface area contributed by atoms with E-state index in [0.29, 0.717) is 41.3 Å². The number of nitrogens with zero attached hydrogens (tertiary/aromatic N) is 4. The SMILES string of the molecule is Cc1cnc(-c2ccc(C)nc2C(=O)N2C3CC(C3)[C@@H](C)[C@H]2COc2ccc(F)cc2)nc1. The van der Waals surface area contributed by atoms with Gasteiger partial charge in [-0.2, -0.15) is 0 Å². The van der Waals surface area contributed by atoms with E-state index >= 15 is 0 Å². The molecule has 3 aromatic rings. The van der Waals surface area contributed by atoms with Crippen molar-refractivity contribution in [2.24, 2.45) is 11.8 Å². The predicted molar refractivity (Wildman–Crippen MR) is 122 cm³/mol. The molecule has 1 amide bonds. The van der Waals surface area contributed by atoms with Gasteiger partial charge in [-0.15, -0.1) is 0 Å². The number of pyridine rings is 1. The van der Waals surface area contributed by atoms with E-state index in [-0.39, 0.29) is 23.8 Å². The molecule has 2 atom stereocenters. The quantitative estimate of drug-likeness (QED) is 0.572. The lowest BCUT2D eigenvalue weighted by atomic mass is 9.64. The predicted octanol–water partition coefficient (Wildman–Crippen LogP) is 4.61. The molecule has 2 bridgehead atoms. The number of rotatable bonds is 5. The van der Waals surface area contributed by atoms with Crippen molar-refractivity contribution in [3.8, 4) is 17.1 Å². The number of benzene rings is 1. The van der Waals surface area contributed by atoms with Gasteiger partial charge >= 0.3 is 0 Å². The minimum absolute atomic E-state index is 0.0887. The number of carbonyl (C=O) groups excluding carboxylic acids is 1. The topological polar surface area (TPSA) is 68.2 Å². The molecule has 4 heterocycles. The van der Waals surface area contributed by atoms with E-state index in [1.165, 1.54) is 12.1 Å². The van der Waals surface area contributed by atoms with E-state index in [0.717, 1.165) is 24.1 Å². The van der Waals surface area contributed by atoms with Crippen molar-refractivity contribution in [1.82, 2.24) is 19.9 Å². The fourth-order valence-electron chi connectivity index (χ4n) is 4.94. The fraction of sp³-hybridized carbons (Fsp3) is 0.385. The van der Waals surface area contributed by atoms with Crippen molar-refractivity contribution in [2.45, 2.75) is 45.7 Å². The largest absolute Gasteiger partial charge is 0.491 e. The summed E-state index contributed by atoms with van der Waals surface area (Å²) >= 11 is 0. The third kappa shape index (κ3) is 4.08. The number of hydrogen-bond acceptors (Lipinski definition) is 5. The lowest BCUT2D eigenvalue weighted by molar-refractivity contribution is -0.0672. The Bertz CT molecular complexity index is 1160. The molecule has 0 N–H and O–H groups in total. The summed E-state index contributed by atoms with van der Waals surface area (Å²) in [5.41, 5.74) is 2.74. The smallest absolute Gasteiger partial charge is 0.273 e. The third-order valence-corrected chi connectivity index (χ3v) is 6.98. The maximum Gasteiger partial charge on any atom is 0.273 e. The summed E-state index contributed by atoms with van der Waals surface area (Å²) in [6, 6.07) is 9.83. The summed E-state index contributed by atoms with van der Waals surface area (Å²) in [4.78, 5) is 29.4. The number of fused-ring (bicyclic) bond motifs is 2. The van der Waals surface area contributed by atoms with Gasteiger partial charge in [0.15, 0.2) is 5.82 Å². The van der Waals surface area contributed by atoms with Gasteiger partial charge in [0.2, 0.25) is 0 Å². The number of amides is 1. The van der Waals surface area contributed by atoms with Crippen LogP contribution in [0.5, 0.6) is 5.75 Å². The molecular weight excluding hydrogens is 419 g/mol. The maximum absolute atomic E-state index is 14.0. The average molecular weight is 447 g/mol. The molecule has 6 rings (SSSR count). The number of hydrogen-bond donors (Lipinski definition) is 0. The molecule has 2 aromatic heterocycles. The number of halogens is 1. The zero-order valence-corrected chi connectivity index (χ0v) is 19.0. The molecule has 1 aliphatic carbocycles. The van der Waals surface area contributed by atoms with Gasteiger partial charge < -0.3 is 9.64 Å². The summed E-state index contributed by atoms with van der Waals surface area (Å²) in [5.74, 6) is 1.56. The number of piperidine rings is 2. The van der Waals surface area contributed by atoms with E-state index in [4.69, 9.17) is 4.74 Å². The zero-order chi connectivity index (χ0) is 23.1. The minimum Gasteiger partial charge on any atom is -0.491 e. The van der Waals surface area contributed by atoms with Gasteiger partial charge in [0.25, 0.3) is 5.91 Å². The van der Waals surface area contributed by atoms with Crippen LogP contribution in [0.2, 0.25) is 0 Å². The second kappa shape index (κ2) is 8.54. The highest BCUT2D eigenvalue weighted by atomic mass is 19.1. The van der Waals surface area contributed by atoms with Gasteiger partial charge in [-0.25, -0.2) is 19.3 Å². The third-order valence-electron chi connectivity index (χ3n) is 6.98. The molecule has 7 heteroatoms. The molecule has 170 valence electrons. The van der Waals surface area contributed by atoms with Crippen molar-refractivity contribution < 1.29 is 13.9 Å². The maximum atomic E-state index is 14.0. The Balaban J connectivity index is 1.46. The van der Waals surface area contributed by atoms with Crippen molar-refractivity contribution in [3.05, 3.63) is 71.6 Å². The fourth-order valence-corrected chi connectivity index (χ4v) is 4.94. The molecule has 0 unspecified atom stereocenters. The lowest BCUT2D eigenvalue weighted by Gasteiger charge is -2.57. The molecule has 0 radical (unpaired) electrons. The normalized spacial score (nSPS) is 23.7. The van der Waals surface area contributed by atoms with Gasteiger partial charge in [-0.3, -0.25) is 4.79 Å². The molecule has 0 spiro atoms. The van der Waals surface area contributed by atoms with E-state index < -0.39 is 0 Å². The zero-order valence-electron chi connectivity index (χ0n) is 19.0. The van der Waals surface area contributed by atoms with Crippen molar-refractivity contribution >= 4 is 5.91 Å². The van der Waals surface area contributed by atoms with E-state index in [1.54, 1.807) is 24.5 Å². The van der Waals surface area contributed by atoms with Crippen LogP contribution in [0.1, 0.15) is 41.5 Å². The molecule has 1 aromatic carbocycles. The first-order chi connectivity index (χ1) is 15.9. The van der Waals surface area contributed by atoms with E-state index in [9.17, 15) is 9.18 Å². The minimum atomic E-state index is -0.303. The summed E-state index contributed by atoms with van der Waals surface area (Å²) in [6.45, 7) is 6.35. The first-order valence-corrected chi connectivity index (χ1v) is 11.4. The van der Waals surface area contributed by atoms with Crippen LogP contribution in [0.15, 0.2) is 48.8 Å². The molecule has 33 heavy (non-hydrogen) atoms. The summed E-state index contributed by atoms with van der Waals surface area (Å²) in [5, 5.41) is 0. The number of ether oxygens (including phenoxy) is 1. The van der Waals surface area contributed by atoms with Crippen molar-refractivity contribution in [1.29, 1.82) is 0 Å². The molecule has 3 fully saturated rings. The van der Waals surface area contributed by atoms with Crippen LogP contribution in [0.4, 0.5) is 4.39 Å². The average Bonchev–Trinajstić information content (AvgIpc) is 2.78. The van der Waals surface area contributed by atoms with Crippen LogP contribution >= 0.6 is 0 Å². The molecule has 1 saturated carbocycles. The van der Waals surface area contributed by atoms with Crippen molar-refractivity contribution in [3.63, 3.8) is 0 Å². The Labute approximate surface area is 192 Å². The Morgan fingerprint density at radius 1 is 1.09 bits per heavy atom. The Morgan fingerprint density at radius 3 is 2.48 bits per heavy atom. The summed E-state index contributed by atoms with van der Waals surface area (Å²) in [7, 11) is 0. The van der Waals surface area contributed by atoms with E-state index in [2.05, 4.69) is 21.9 Å². The number of aryl methyl sites for hydroxylation is 2. The first kappa shape index (κ1) is 21.5. The summed E-state index contributed by atoms with van der Waals surface area (Å²) < 4.78 is 19.3. The number of aromatic nitrogens is 3. The van der Waals surface area contributed by atoms with Gasteiger partial charge in [0, 0.05) is 24.1 Å². The second-order valence-electron chi connectivity index (χ2n) is 9.22. The lowest BCUT2D eigenvalue weighted by Crippen LogP contribution is -2.64. The van der Waals surface area contributed by atoms with Gasteiger partial charge in [0.1, 0.15) is 23.9 Å². The molecule has 2 aliphatic heterocycles. The van der Waals surface area contributed by atoms with Crippen LogP contribution in [0.25, 0.3) is 11.4 Å². The Morgan fingerprint density at radius 2 is 1.79 bits per heavy atom. The molecule has 3 aliphatic rings. The van der Waals surface area contributed by atoms with Crippen LogP contribution in [0, 0.1) is 31.5 Å². The monoisotopic (exact) mass is 446 g/mol. The molecular formula is C26H27FN4O2. The molecule has 2 saturated heterocycles. The van der Waals surface area contributed by atoms with Gasteiger partial charge in [0.05, 0.1) is 11.6 Å². The van der Waals surface area contributed by atoms with Crippen LogP contribution in [-0.4, -0.2) is 44.4 Å². The summed E-state index contributed by atoms with van der Waals surface area (Å²) in [6.07, 6.45) is 5.49. The van der Waals surface area contributed by atoms with Crippen LogP contribution < -0.4 is 4.74 Å². The van der Waals surface area contributed by atoms with Gasteiger partial charge in [-0.05, 0) is 80.5 Å². The van der Waals surface area contributed by atoms with Crippen molar-refractivity contribution in [2.75, 3.05) is 6.61 Å². The van der Waals surface area contributed by atoms with E-state index in [1.807, 2.05) is 30.9 Å². The Hall–Kier alpha value is -3.35. The van der Waals surface area contributed by atoms with Crippen LogP contribution in [0.3, 0.4) is 0 Å². The van der Waals surface area contributed by atoms with Gasteiger partial charge in [-0.1, -0.05) is 6.92 Å². The highest BCUT2D eigenvalue weighted by molar-refractivity contribution is 5.98. The first-order valence-electron chi connectivity index (χ1n) is 11.4. The second-order valence-corrected chi connectivity index (χ2v) is 9.22. The highest BCUT2D eigenvalue weighted by Gasteiger charge is 2.51. The Kier molecular flexibility index (Phi) is 5.56. The van der Waals surface area contributed by atoms with Crippen LogP contribution in [-0.2, 0) is 0 Å².